The van der Waals surface area contributed by atoms with Crippen molar-refractivity contribution in [2.24, 2.45) is 11.8 Å². The Bertz CT molecular complexity index is 1200. The number of carbonyl (C=O) groups is 3. The fourth-order valence-corrected chi connectivity index (χ4v) is 7.24. The van der Waals surface area contributed by atoms with E-state index in [2.05, 4.69) is 19.2 Å². The van der Waals surface area contributed by atoms with Crippen LogP contribution in [0.25, 0.3) is 0 Å². The summed E-state index contributed by atoms with van der Waals surface area (Å²) in [5.41, 5.74) is 3.11. The summed E-state index contributed by atoms with van der Waals surface area (Å²) in [7, 11) is 1.60. The van der Waals surface area contributed by atoms with Crippen molar-refractivity contribution in [3.05, 3.63) is 77.0 Å². The lowest BCUT2D eigenvalue weighted by Crippen LogP contribution is -2.72. The van der Waals surface area contributed by atoms with Gasteiger partial charge in [0.05, 0.1) is 13.5 Å². The van der Waals surface area contributed by atoms with Crippen LogP contribution in [0.4, 0.5) is 0 Å². The van der Waals surface area contributed by atoms with E-state index in [1.165, 1.54) is 0 Å². The van der Waals surface area contributed by atoms with Crippen molar-refractivity contribution in [3.8, 4) is 5.75 Å². The van der Waals surface area contributed by atoms with Crippen molar-refractivity contribution in [3.63, 3.8) is 0 Å². The lowest BCUT2D eigenvalue weighted by molar-refractivity contribution is -0.154. The molecule has 1 saturated carbocycles. The van der Waals surface area contributed by atoms with Crippen LogP contribution in [-0.2, 0) is 32.1 Å². The van der Waals surface area contributed by atoms with Gasteiger partial charge in [-0.05, 0) is 47.1 Å². The number of hydrogen-bond donors (Lipinski definition) is 1. The maximum absolute atomic E-state index is 13.4. The fraction of sp³-hybridized carbons (Fsp3) is 0.393. The average molecular weight is 507 g/mol. The number of β-lactam (4-membered cyclic amide) rings is 1. The van der Waals surface area contributed by atoms with E-state index in [1.54, 1.807) is 23.8 Å². The highest BCUT2D eigenvalue weighted by Gasteiger charge is 2.61. The lowest BCUT2D eigenvalue weighted by Gasteiger charge is -2.58. The molecule has 0 spiro atoms. The molecule has 5 atom stereocenters. The number of benzene rings is 2. The molecule has 2 aromatic carbocycles. The van der Waals surface area contributed by atoms with Gasteiger partial charge >= 0.3 is 5.97 Å². The number of amides is 2. The molecule has 0 aromatic heterocycles. The van der Waals surface area contributed by atoms with E-state index in [-0.39, 0.29) is 41.4 Å². The summed E-state index contributed by atoms with van der Waals surface area (Å²) in [6.45, 7) is 4.40. The normalized spacial score (nSPS) is 26.2. The Morgan fingerprint density at radius 3 is 2.44 bits per heavy atom. The second kappa shape index (κ2) is 10.0. The topological polar surface area (TPSA) is 84.9 Å². The van der Waals surface area contributed by atoms with Gasteiger partial charge in [-0.15, -0.1) is 11.8 Å². The van der Waals surface area contributed by atoms with E-state index in [0.29, 0.717) is 11.6 Å². The van der Waals surface area contributed by atoms with Crippen LogP contribution in [0.3, 0.4) is 0 Å². The van der Waals surface area contributed by atoms with Crippen molar-refractivity contribution in [1.29, 1.82) is 0 Å². The molecule has 2 aromatic rings. The van der Waals surface area contributed by atoms with Gasteiger partial charge in [-0.3, -0.25) is 14.5 Å². The second-order valence-electron chi connectivity index (χ2n) is 9.47. The van der Waals surface area contributed by atoms with E-state index in [9.17, 15) is 14.4 Å². The number of fused-ring (bicyclic) bond motifs is 2. The minimum absolute atomic E-state index is 0.105. The van der Waals surface area contributed by atoms with Crippen molar-refractivity contribution in [2.75, 3.05) is 7.11 Å². The molecule has 5 rings (SSSR count). The van der Waals surface area contributed by atoms with Crippen molar-refractivity contribution >= 4 is 29.5 Å². The maximum Gasteiger partial charge on any atom is 0.355 e. The Hall–Kier alpha value is -3.26. The highest BCUT2D eigenvalue weighted by Crippen LogP contribution is 2.58. The number of esters is 1. The number of nitrogens with one attached hydrogen (secondary N) is 1. The first-order valence-corrected chi connectivity index (χ1v) is 13.2. The van der Waals surface area contributed by atoms with Crippen LogP contribution in [0.2, 0.25) is 0 Å². The Kier molecular flexibility index (Phi) is 6.79. The Morgan fingerprint density at radius 1 is 1.06 bits per heavy atom. The van der Waals surface area contributed by atoms with Gasteiger partial charge in [-0.2, -0.15) is 0 Å². The van der Waals surface area contributed by atoms with Gasteiger partial charge in [-0.1, -0.05) is 56.3 Å². The number of nitrogens with zero attached hydrogens (tertiary/aromatic N) is 1. The smallest absolute Gasteiger partial charge is 0.355 e. The van der Waals surface area contributed by atoms with E-state index in [4.69, 9.17) is 9.47 Å². The van der Waals surface area contributed by atoms with Gasteiger partial charge in [0, 0.05) is 5.25 Å². The van der Waals surface area contributed by atoms with E-state index >= 15 is 0 Å². The van der Waals surface area contributed by atoms with Gasteiger partial charge in [0.15, 0.2) is 0 Å². The van der Waals surface area contributed by atoms with Crippen molar-refractivity contribution < 1.29 is 23.9 Å². The summed E-state index contributed by atoms with van der Waals surface area (Å²) in [6.07, 6.45) is 1.10. The zero-order valence-electron chi connectivity index (χ0n) is 20.6. The summed E-state index contributed by atoms with van der Waals surface area (Å²) in [6, 6.07) is 16.1. The van der Waals surface area contributed by atoms with E-state index in [1.807, 2.05) is 54.6 Å². The molecule has 0 unspecified atom stereocenters. The number of thioether (sulfide) groups is 1. The lowest BCUT2D eigenvalue weighted by atomic mass is 9.66. The van der Waals surface area contributed by atoms with Crippen molar-refractivity contribution in [2.45, 2.75) is 50.0 Å². The highest BCUT2D eigenvalue weighted by molar-refractivity contribution is 8.01. The molecular formula is C28H30N2O5S. The monoisotopic (exact) mass is 506 g/mol. The highest BCUT2D eigenvalue weighted by atomic mass is 32.2. The van der Waals surface area contributed by atoms with Gasteiger partial charge in [0.1, 0.15) is 29.5 Å². The third-order valence-corrected chi connectivity index (χ3v) is 9.09. The van der Waals surface area contributed by atoms with Crippen LogP contribution in [0.5, 0.6) is 5.75 Å². The molecular weight excluding hydrogens is 476 g/mol. The minimum atomic E-state index is -0.648. The Labute approximate surface area is 215 Å². The molecule has 36 heavy (non-hydrogen) atoms. The molecule has 3 aliphatic rings. The van der Waals surface area contributed by atoms with Gasteiger partial charge in [0.25, 0.3) is 5.91 Å². The molecule has 2 heterocycles. The van der Waals surface area contributed by atoms with Gasteiger partial charge in [0.2, 0.25) is 5.91 Å². The maximum atomic E-state index is 13.4. The number of methoxy groups -OCH3 is 1. The summed E-state index contributed by atoms with van der Waals surface area (Å²) < 4.78 is 10.9. The fourth-order valence-electron chi connectivity index (χ4n) is 5.39. The quantitative estimate of drug-likeness (QED) is 0.434. The molecule has 0 bridgehead atoms. The summed E-state index contributed by atoms with van der Waals surface area (Å²) in [4.78, 5) is 40.8. The molecule has 1 aliphatic carbocycles. The van der Waals surface area contributed by atoms with Crippen LogP contribution in [0, 0.1) is 11.8 Å². The molecule has 8 heteroatoms. The molecule has 7 nitrogen and oxygen atoms in total. The summed E-state index contributed by atoms with van der Waals surface area (Å²) in [5, 5.41) is 2.73. The Balaban J connectivity index is 1.32. The molecule has 1 saturated heterocycles. The van der Waals surface area contributed by atoms with Gasteiger partial charge < -0.3 is 14.8 Å². The molecule has 1 N–H and O–H groups in total. The van der Waals surface area contributed by atoms with Crippen molar-refractivity contribution in [1.82, 2.24) is 10.2 Å². The number of ether oxygens (including phenoxy) is 2. The first-order chi connectivity index (χ1) is 17.4. The molecule has 2 amide bonds. The van der Waals surface area contributed by atoms with E-state index in [0.717, 1.165) is 28.9 Å². The van der Waals surface area contributed by atoms with Crippen LogP contribution < -0.4 is 10.1 Å². The number of rotatable bonds is 8. The minimum Gasteiger partial charge on any atom is -0.497 e. The summed E-state index contributed by atoms with van der Waals surface area (Å²) >= 11 is 1.67. The summed E-state index contributed by atoms with van der Waals surface area (Å²) in [5.74, 6) is 0.413. The predicted octanol–water partition coefficient (Wildman–Crippen LogP) is 3.68. The number of carbonyl (C=O) groups excluding carboxylic acids is 3. The van der Waals surface area contributed by atoms with Crippen LogP contribution in [0.15, 0.2) is 65.9 Å². The van der Waals surface area contributed by atoms with E-state index < -0.39 is 12.0 Å². The third-order valence-electron chi connectivity index (χ3n) is 7.35. The first kappa shape index (κ1) is 24.4. The SMILES string of the molecule is CC[C@@H]1C2=C(C(=O)OCc3ccc(OC)cc3)N3C(=O)[C@@H](NC(=O)Cc4ccccc4)[C@H]3S[C@H]2[C@@H]1C. The Morgan fingerprint density at radius 2 is 1.78 bits per heavy atom. The molecule has 2 fully saturated rings. The predicted molar refractivity (Wildman–Crippen MR) is 137 cm³/mol. The standard InChI is InChI=1S/C28H30N2O5S/c1-4-20-16(2)25-22(20)24(28(33)35-15-18-10-12-19(34-3)13-11-18)30-26(32)23(27(30)36-25)29-21(31)14-17-8-6-5-7-9-17/h5-13,16,20,23,25,27H,4,14-15H2,1-3H3,(H,29,31)/t16-,20+,23-,25+,27-/m1/s1. The van der Waals surface area contributed by atoms with Gasteiger partial charge in [-0.25, -0.2) is 4.79 Å². The third kappa shape index (κ3) is 4.28. The zero-order chi connectivity index (χ0) is 25.4. The molecule has 2 aliphatic heterocycles. The second-order valence-corrected chi connectivity index (χ2v) is 10.7. The number of hydrogen-bond acceptors (Lipinski definition) is 6. The largest absolute Gasteiger partial charge is 0.497 e. The average Bonchev–Trinajstić information content (AvgIpc) is 2.90. The van der Waals surface area contributed by atoms with Crippen LogP contribution >= 0.6 is 11.8 Å². The van der Waals surface area contributed by atoms with Crippen LogP contribution in [-0.4, -0.2) is 46.5 Å². The van der Waals surface area contributed by atoms with Crippen LogP contribution in [0.1, 0.15) is 31.4 Å². The zero-order valence-corrected chi connectivity index (χ0v) is 21.4. The first-order valence-electron chi connectivity index (χ1n) is 12.3. The molecule has 0 radical (unpaired) electrons. The molecule has 188 valence electrons.